The highest BCUT2D eigenvalue weighted by Crippen LogP contribution is 2.23. The topological polar surface area (TPSA) is 217 Å². The molecule has 18 nitrogen and oxygen atoms in total. The van der Waals surface area contributed by atoms with Gasteiger partial charge in [0, 0.05) is 44.3 Å². The van der Waals surface area contributed by atoms with Gasteiger partial charge in [0.1, 0.15) is 18.7 Å². The minimum atomic E-state index is -4.13. The Morgan fingerprint density at radius 2 is 1.26 bits per heavy atom. The first-order valence-corrected chi connectivity index (χ1v) is 21.2. The quantitative estimate of drug-likeness (QED) is 0.0485. The van der Waals surface area contributed by atoms with Crippen LogP contribution in [0.15, 0.2) is 79.0 Å². The molecule has 2 aromatic carbocycles. The van der Waals surface area contributed by atoms with Gasteiger partial charge in [-0.15, -0.1) is 0 Å². The molecule has 0 saturated carbocycles. The second-order valence-corrected chi connectivity index (χ2v) is 15.9. The Labute approximate surface area is 406 Å². The van der Waals surface area contributed by atoms with Gasteiger partial charge in [-0.05, 0) is 40.5 Å². The largest absolute Gasteiger partial charge is 0.453 e. The lowest BCUT2D eigenvalue weighted by atomic mass is 9.85. The molecule has 366 valence electrons. The predicted octanol–water partition coefficient (Wildman–Crippen LogP) is 4.29. The van der Waals surface area contributed by atoms with Gasteiger partial charge in [0.15, 0.2) is 0 Å². The number of amides is 4. The number of hydrogen-bond donors (Lipinski definition) is 5. The number of benzene rings is 2. The van der Waals surface area contributed by atoms with E-state index in [-0.39, 0.29) is 32.8 Å². The number of aromatic nitrogens is 1. The lowest BCUT2D eigenvalue weighted by Crippen LogP contribution is -2.61. The number of hydrazine groups is 1. The highest BCUT2D eigenvalue weighted by atomic mass is 16.6. The van der Waals surface area contributed by atoms with Gasteiger partial charge >= 0.3 is 12.2 Å². The number of aliphatic hydroxyl groups excluding tert-OH is 1. The van der Waals surface area contributed by atoms with Crippen molar-refractivity contribution in [3.63, 3.8) is 0 Å². The van der Waals surface area contributed by atoms with Crippen LogP contribution in [0.2, 0.25) is 0 Å². The summed E-state index contributed by atoms with van der Waals surface area (Å²) in [6, 6.07) is 14.6. The van der Waals surface area contributed by atoms with Crippen molar-refractivity contribution < 1.29 is 73.9 Å². The van der Waals surface area contributed by atoms with Crippen molar-refractivity contribution in [3.05, 3.63) is 90.1 Å². The second-order valence-electron chi connectivity index (χ2n) is 15.9. The number of nitrogens with zero attached hydrogens (tertiary/aromatic N) is 2. The minimum absolute atomic E-state index is 0.00202. The fraction of sp³-hybridized carbons (Fsp3) is 0.562. The average molecular weight is 937 g/mol. The number of ether oxygens (including phenoxy) is 7. The molecule has 0 aliphatic heterocycles. The molecule has 0 spiro atoms. The predicted molar refractivity (Wildman–Crippen MR) is 248 cm³/mol. The van der Waals surface area contributed by atoms with Gasteiger partial charge < -0.3 is 54.2 Å². The number of methoxy groups -OCH3 is 2. The summed E-state index contributed by atoms with van der Waals surface area (Å²) in [5.41, 5.74) is -0.600. The highest BCUT2D eigenvalue weighted by molar-refractivity contribution is 5.87. The molecule has 0 unspecified atom stereocenters. The molecule has 0 aliphatic carbocycles. The Kier molecular flexibility index (Phi) is 17.3. The second kappa shape index (κ2) is 29.4. The van der Waals surface area contributed by atoms with E-state index in [1.807, 2.05) is 0 Å². The first-order valence-electron chi connectivity index (χ1n) is 27.2. The fourth-order valence-electron chi connectivity index (χ4n) is 6.13. The maximum atomic E-state index is 14.7. The molecule has 1 aromatic heterocycles. The third kappa shape index (κ3) is 21.4. The summed E-state index contributed by atoms with van der Waals surface area (Å²) < 4.78 is 133. The van der Waals surface area contributed by atoms with E-state index in [2.05, 4.69) is 25.8 Å². The first-order chi connectivity index (χ1) is 36.4. The van der Waals surface area contributed by atoms with Gasteiger partial charge in [-0.3, -0.25) is 20.0 Å². The monoisotopic (exact) mass is 937 g/mol. The first kappa shape index (κ1) is 38.9. The van der Waals surface area contributed by atoms with Crippen LogP contribution in [0.25, 0.3) is 11.3 Å². The number of carbonyl (C=O) groups excluding carboxylic acids is 4. The fourth-order valence-corrected chi connectivity index (χ4v) is 6.13. The molecule has 5 N–H and O–H groups in total. The van der Waals surface area contributed by atoms with Gasteiger partial charge in [0.2, 0.25) is 5.91 Å². The molecule has 0 aliphatic rings. The summed E-state index contributed by atoms with van der Waals surface area (Å²) in [7, 11) is -1.95. The zero-order valence-corrected chi connectivity index (χ0v) is 37.8. The van der Waals surface area contributed by atoms with Crippen molar-refractivity contribution in [2.75, 3.05) is 86.8 Å². The number of hydrogen-bond acceptors (Lipinski definition) is 14. The van der Waals surface area contributed by atoms with Crippen LogP contribution >= 0.6 is 0 Å². The summed E-state index contributed by atoms with van der Waals surface area (Å²) in [5, 5.41) is 20.1. The number of rotatable bonds is 29. The number of carbonyl (C=O) groups is 4. The van der Waals surface area contributed by atoms with E-state index in [0.717, 1.165) is 5.01 Å². The number of pyridine rings is 1. The molecule has 0 bridgehead atoms. The minimum Gasteiger partial charge on any atom is -0.453 e. The van der Waals surface area contributed by atoms with Gasteiger partial charge in [-0.25, -0.2) is 14.6 Å². The molecule has 4 amide bonds. The average Bonchev–Trinajstić information content (AvgIpc) is 3.40. The summed E-state index contributed by atoms with van der Waals surface area (Å²) in [5.74, 6) is -2.57. The van der Waals surface area contributed by atoms with E-state index in [1.54, 1.807) is 112 Å². The van der Waals surface area contributed by atoms with E-state index in [9.17, 15) is 24.3 Å². The van der Waals surface area contributed by atoms with Crippen molar-refractivity contribution in [2.24, 2.45) is 10.8 Å². The molecule has 3 aromatic rings. The summed E-state index contributed by atoms with van der Waals surface area (Å²) in [6.45, 7) is -5.72. The molecule has 4 atom stereocenters. The highest BCUT2D eigenvalue weighted by Gasteiger charge is 2.37. The molecule has 66 heavy (non-hydrogen) atoms. The van der Waals surface area contributed by atoms with Crippen molar-refractivity contribution in [3.8, 4) is 11.3 Å². The van der Waals surface area contributed by atoms with E-state index >= 15 is 0 Å². The SMILES string of the molecule is [2H]C([2H])([2H])OC(=O)N[C@H](C(=O)NN(Cc1ccc(-c2ccccn2)cc1)C[C@H](O)[C@H](Cc1ccccc1)NC(=O)[C@@H](NC(=O)OCCOCCOCCOCCOCCOC)C(C)(C)C)C(C([2H])([2H])[2H])(C([2H])([2H])[2H])C([2H])([2H])[2H]. The van der Waals surface area contributed by atoms with Crippen molar-refractivity contribution in [1.29, 1.82) is 0 Å². The molecule has 0 radical (unpaired) electrons. The van der Waals surface area contributed by atoms with E-state index in [1.165, 1.54) is 0 Å². The molecule has 18 heteroatoms. The van der Waals surface area contributed by atoms with Crippen LogP contribution in [0.5, 0.6) is 0 Å². The smallest absolute Gasteiger partial charge is 0.407 e. The molecule has 0 saturated heterocycles. The zero-order chi connectivity index (χ0) is 58.4. The van der Waals surface area contributed by atoms with Gasteiger partial charge in [0.05, 0.1) is 88.5 Å². The number of aliphatic hydroxyl groups is 1. The van der Waals surface area contributed by atoms with Crippen LogP contribution in [0.4, 0.5) is 9.59 Å². The Hall–Kier alpha value is -5.21. The maximum absolute atomic E-state index is 14.7. The molecular formula is C48H72N6O12. The zero-order valence-electron chi connectivity index (χ0n) is 49.8. The molecular weight excluding hydrogens is 853 g/mol. The van der Waals surface area contributed by atoms with E-state index in [4.69, 9.17) is 44.9 Å². The third-order valence-corrected chi connectivity index (χ3v) is 9.50. The van der Waals surface area contributed by atoms with Crippen LogP contribution in [0, 0.1) is 10.8 Å². The Balaban J connectivity index is 1.93. The van der Waals surface area contributed by atoms with Crippen LogP contribution in [0.1, 0.15) is 68.9 Å². The Morgan fingerprint density at radius 3 is 1.82 bits per heavy atom. The lowest BCUT2D eigenvalue weighted by molar-refractivity contribution is -0.132. The molecule has 3 rings (SSSR count). The van der Waals surface area contributed by atoms with Crippen molar-refractivity contribution in [1.82, 2.24) is 31.4 Å². The van der Waals surface area contributed by atoms with Crippen molar-refractivity contribution >= 4 is 24.0 Å². The van der Waals surface area contributed by atoms with Crippen LogP contribution in [-0.4, -0.2) is 150 Å². The third-order valence-electron chi connectivity index (χ3n) is 9.50. The van der Waals surface area contributed by atoms with Gasteiger partial charge in [0.25, 0.3) is 5.91 Å². The maximum Gasteiger partial charge on any atom is 0.407 e. The van der Waals surface area contributed by atoms with E-state index in [0.29, 0.717) is 62.0 Å². The molecule has 0 fully saturated rings. The normalized spacial score (nSPS) is 17.0. The van der Waals surface area contributed by atoms with Crippen LogP contribution in [0.3, 0.4) is 0 Å². The Bertz CT molecular complexity index is 2240. The lowest BCUT2D eigenvalue weighted by Gasteiger charge is -2.35. The van der Waals surface area contributed by atoms with E-state index < -0.39 is 99.7 Å². The van der Waals surface area contributed by atoms with Gasteiger partial charge in [-0.1, -0.05) is 102 Å². The number of nitrogens with one attached hydrogen (secondary N) is 4. The summed E-state index contributed by atoms with van der Waals surface area (Å²) in [4.78, 5) is 59.5. The standard InChI is InChI=1S/C48H72N6O12/c1-47(2,3)41(52-46(59)66-31-30-65-29-28-64-27-26-63-25-24-62-23-22-60-7)43(56)50-39(32-35-14-10-9-11-15-35)40(55)34-54(53-44(57)42(48(4,5)6)51-45(58)61-8)33-36-17-19-37(20-18-36)38-16-12-13-21-49-38/h9-21,39-42,55H,22-34H2,1-8H3,(H,50,56)(H,51,58)(H,52,59)(H,53,57)/t39-,40-,41+,42+/m0/s1/i4D3,5D3,6D3,8D3. The molecule has 1 heterocycles. The van der Waals surface area contributed by atoms with Crippen LogP contribution in [-0.2, 0) is 55.7 Å². The Morgan fingerprint density at radius 1 is 0.682 bits per heavy atom. The summed E-state index contributed by atoms with van der Waals surface area (Å²) >= 11 is 0. The number of alkyl carbamates (subject to hydrolysis) is 2. The van der Waals surface area contributed by atoms with Crippen LogP contribution < -0.4 is 21.4 Å². The van der Waals surface area contributed by atoms with Gasteiger partial charge in [-0.2, -0.15) is 0 Å². The summed E-state index contributed by atoms with van der Waals surface area (Å²) in [6.07, 6.45) is -3.26. The van der Waals surface area contributed by atoms with Crippen molar-refractivity contribution in [2.45, 2.75) is 78.5 Å².